The first-order chi connectivity index (χ1) is 13.5. The standard InChI is InChI=1S/C21H20O7/c1-11(2)27-13-5-7-15-14(9-13)19(22)18(21(23)24-3)20(28-15)12-4-6-16-17(8-12)26-10-25-16/h4-9,11,18,20H,10H2,1-3H3/t18-,20+/m0/s1. The molecule has 146 valence electrons. The Morgan fingerprint density at radius 2 is 1.82 bits per heavy atom. The maximum absolute atomic E-state index is 13.2. The van der Waals surface area contributed by atoms with Crippen LogP contribution in [-0.4, -0.2) is 31.8 Å². The maximum atomic E-state index is 13.2. The summed E-state index contributed by atoms with van der Waals surface area (Å²) < 4.78 is 27.3. The van der Waals surface area contributed by atoms with Crippen molar-refractivity contribution >= 4 is 11.8 Å². The normalized spacial score (nSPS) is 19.8. The van der Waals surface area contributed by atoms with Crippen LogP contribution in [0, 0.1) is 5.92 Å². The predicted octanol–water partition coefficient (Wildman–Crippen LogP) is 3.31. The molecule has 2 aromatic rings. The van der Waals surface area contributed by atoms with Gasteiger partial charge in [-0.25, -0.2) is 0 Å². The molecular formula is C21H20O7. The van der Waals surface area contributed by atoms with E-state index >= 15 is 0 Å². The third-order valence-electron chi connectivity index (χ3n) is 4.61. The summed E-state index contributed by atoms with van der Waals surface area (Å²) in [6.07, 6.45) is -0.880. The fraction of sp³-hybridized carbons (Fsp3) is 0.333. The highest BCUT2D eigenvalue weighted by Gasteiger charge is 2.44. The highest BCUT2D eigenvalue weighted by atomic mass is 16.7. The second-order valence-electron chi connectivity index (χ2n) is 6.84. The van der Waals surface area contributed by atoms with Gasteiger partial charge < -0.3 is 23.7 Å². The van der Waals surface area contributed by atoms with Crippen molar-refractivity contribution in [2.75, 3.05) is 13.9 Å². The van der Waals surface area contributed by atoms with Crippen molar-refractivity contribution < 1.29 is 33.3 Å². The summed E-state index contributed by atoms with van der Waals surface area (Å²) in [6.45, 7) is 3.92. The van der Waals surface area contributed by atoms with E-state index in [9.17, 15) is 9.59 Å². The Morgan fingerprint density at radius 1 is 1.07 bits per heavy atom. The van der Waals surface area contributed by atoms with Crippen LogP contribution in [0.2, 0.25) is 0 Å². The predicted molar refractivity (Wildman–Crippen MR) is 98.0 cm³/mol. The minimum atomic E-state index is -1.13. The number of ether oxygens (including phenoxy) is 5. The molecule has 0 amide bonds. The Labute approximate surface area is 162 Å². The topological polar surface area (TPSA) is 80.3 Å². The van der Waals surface area contributed by atoms with Crippen LogP contribution in [0.4, 0.5) is 0 Å². The van der Waals surface area contributed by atoms with Crippen LogP contribution >= 0.6 is 0 Å². The summed E-state index contributed by atoms with van der Waals surface area (Å²) in [5.41, 5.74) is 0.923. The van der Waals surface area contributed by atoms with Crippen LogP contribution in [0.15, 0.2) is 36.4 Å². The molecule has 2 aromatic carbocycles. The lowest BCUT2D eigenvalue weighted by molar-refractivity contribution is -0.146. The minimum Gasteiger partial charge on any atom is -0.491 e. The summed E-state index contributed by atoms with van der Waals surface area (Å²) >= 11 is 0. The second-order valence-corrected chi connectivity index (χ2v) is 6.84. The summed E-state index contributed by atoms with van der Waals surface area (Å²) in [5, 5.41) is 0. The van der Waals surface area contributed by atoms with Crippen molar-refractivity contribution in [2.45, 2.75) is 26.1 Å². The first-order valence-corrected chi connectivity index (χ1v) is 8.97. The fourth-order valence-electron chi connectivity index (χ4n) is 3.37. The molecule has 0 aliphatic carbocycles. The highest BCUT2D eigenvalue weighted by Crippen LogP contribution is 2.43. The molecule has 0 aromatic heterocycles. The van der Waals surface area contributed by atoms with Gasteiger partial charge in [0, 0.05) is 0 Å². The Balaban J connectivity index is 1.75. The molecule has 0 N–H and O–H groups in total. The fourth-order valence-corrected chi connectivity index (χ4v) is 3.37. The first-order valence-electron chi connectivity index (χ1n) is 8.97. The minimum absolute atomic E-state index is 0.0459. The van der Waals surface area contributed by atoms with Crippen molar-refractivity contribution in [3.8, 4) is 23.0 Å². The molecule has 0 saturated heterocycles. The first kappa shape index (κ1) is 18.2. The van der Waals surface area contributed by atoms with Crippen LogP contribution in [0.1, 0.15) is 35.9 Å². The number of carbonyl (C=O) groups is 2. The van der Waals surface area contributed by atoms with Crippen LogP contribution in [0.3, 0.4) is 0 Å². The highest BCUT2D eigenvalue weighted by molar-refractivity contribution is 6.11. The Bertz CT molecular complexity index is 934. The lowest BCUT2D eigenvalue weighted by Crippen LogP contribution is -2.37. The monoisotopic (exact) mass is 384 g/mol. The maximum Gasteiger partial charge on any atom is 0.320 e. The van der Waals surface area contributed by atoms with Crippen molar-refractivity contribution in [1.82, 2.24) is 0 Å². The van der Waals surface area contributed by atoms with Crippen LogP contribution < -0.4 is 18.9 Å². The van der Waals surface area contributed by atoms with Gasteiger partial charge in [-0.15, -0.1) is 0 Å². The largest absolute Gasteiger partial charge is 0.491 e. The lowest BCUT2D eigenvalue weighted by Gasteiger charge is -2.31. The molecule has 0 fully saturated rings. The number of ketones is 1. The van der Waals surface area contributed by atoms with Gasteiger partial charge in [0.2, 0.25) is 6.79 Å². The molecule has 2 aliphatic rings. The van der Waals surface area contributed by atoms with E-state index in [1.807, 2.05) is 13.8 Å². The molecular weight excluding hydrogens is 364 g/mol. The van der Waals surface area contributed by atoms with E-state index in [-0.39, 0.29) is 18.7 Å². The summed E-state index contributed by atoms with van der Waals surface area (Å²) in [7, 11) is 1.25. The van der Waals surface area contributed by atoms with Gasteiger partial charge in [-0.3, -0.25) is 9.59 Å². The van der Waals surface area contributed by atoms with Gasteiger partial charge in [0.25, 0.3) is 0 Å². The number of rotatable bonds is 4. The smallest absolute Gasteiger partial charge is 0.320 e. The summed E-state index contributed by atoms with van der Waals surface area (Å²) in [6, 6.07) is 10.2. The van der Waals surface area contributed by atoms with Crippen molar-refractivity contribution in [2.24, 2.45) is 5.92 Å². The Kier molecular flexibility index (Phi) is 4.58. The van der Waals surface area contributed by atoms with E-state index < -0.39 is 18.0 Å². The van der Waals surface area contributed by atoms with Gasteiger partial charge in [-0.1, -0.05) is 6.07 Å². The molecule has 0 saturated carbocycles. The average Bonchev–Trinajstić information content (AvgIpc) is 3.15. The molecule has 2 heterocycles. The molecule has 2 atom stereocenters. The summed E-state index contributed by atoms with van der Waals surface area (Å²) in [5.74, 6) is -0.0783. The van der Waals surface area contributed by atoms with Gasteiger partial charge >= 0.3 is 5.97 Å². The molecule has 2 aliphatic heterocycles. The van der Waals surface area contributed by atoms with E-state index in [1.165, 1.54) is 7.11 Å². The number of hydrogen-bond acceptors (Lipinski definition) is 7. The number of methoxy groups -OCH3 is 1. The SMILES string of the molecule is COC(=O)[C@H]1C(=O)c2cc(OC(C)C)ccc2O[C@@H]1c1ccc2c(c1)OCO2. The van der Waals surface area contributed by atoms with Crippen LogP contribution in [0.5, 0.6) is 23.0 Å². The second kappa shape index (κ2) is 7.07. The molecule has 28 heavy (non-hydrogen) atoms. The number of carbonyl (C=O) groups excluding carboxylic acids is 2. The third kappa shape index (κ3) is 3.13. The quantitative estimate of drug-likeness (QED) is 0.591. The molecule has 0 spiro atoms. The molecule has 0 bridgehead atoms. The number of hydrogen-bond donors (Lipinski definition) is 0. The van der Waals surface area contributed by atoms with E-state index in [0.29, 0.717) is 34.1 Å². The lowest BCUT2D eigenvalue weighted by atomic mass is 9.85. The Morgan fingerprint density at radius 3 is 2.57 bits per heavy atom. The molecule has 7 heteroatoms. The van der Waals surface area contributed by atoms with Gasteiger partial charge in [0.05, 0.1) is 18.8 Å². The molecule has 0 unspecified atom stereocenters. The van der Waals surface area contributed by atoms with Crippen LogP contribution in [0.25, 0.3) is 0 Å². The number of esters is 1. The third-order valence-corrected chi connectivity index (χ3v) is 4.61. The number of benzene rings is 2. The molecule has 0 radical (unpaired) electrons. The zero-order chi connectivity index (χ0) is 19.8. The van der Waals surface area contributed by atoms with E-state index in [0.717, 1.165) is 0 Å². The van der Waals surface area contributed by atoms with Gasteiger partial charge in [0.1, 0.15) is 17.6 Å². The van der Waals surface area contributed by atoms with Gasteiger partial charge in [0.15, 0.2) is 23.2 Å². The van der Waals surface area contributed by atoms with Crippen LogP contribution in [-0.2, 0) is 9.53 Å². The number of fused-ring (bicyclic) bond motifs is 2. The average molecular weight is 384 g/mol. The molecule has 7 nitrogen and oxygen atoms in total. The van der Waals surface area contributed by atoms with Gasteiger partial charge in [-0.05, 0) is 49.7 Å². The zero-order valence-corrected chi connectivity index (χ0v) is 15.8. The van der Waals surface area contributed by atoms with E-state index in [1.54, 1.807) is 36.4 Å². The number of Topliss-reactive ketones (excluding diaryl/α,β-unsaturated/α-hetero) is 1. The molecule has 4 rings (SSSR count). The Hall–Kier alpha value is -3.22. The van der Waals surface area contributed by atoms with Crippen molar-refractivity contribution in [3.05, 3.63) is 47.5 Å². The van der Waals surface area contributed by atoms with E-state index in [4.69, 9.17) is 23.7 Å². The zero-order valence-electron chi connectivity index (χ0n) is 15.8. The van der Waals surface area contributed by atoms with E-state index in [2.05, 4.69) is 0 Å². The van der Waals surface area contributed by atoms with Gasteiger partial charge in [-0.2, -0.15) is 0 Å². The van der Waals surface area contributed by atoms with Crippen molar-refractivity contribution in [1.29, 1.82) is 0 Å². The summed E-state index contributed by atoms with van der Waals surface area (Å²) in [4.78, 5) is 25.6. The van der Waals surface area contributed by atoms with Crippen molar-refractivity contribution in [3.63, 3.8) is 0 Å².